The zero-order valence-corrected chi connectivity index (χ0v) is 20.2. The lowest BCUT2D eigenvalue weighted by atomic mass is 9.61. The Hall–Kier alpha value is -3.48. The van der Waals surface area contributed by atoms with E-state index in [-0.39, 0.29) is 30.2 Å². The summed E-state index contributed by atoms with van der Waals surface area (Å²) in [6.45, 7) is 0.686. The first-order chi connectivity index (χ1) is 17.5. The van der Waals surface area contributed by atoms with Crippen LogP contribution in [0.4, 0.5) is 11.4 Å². The minimum absolute atomic E-state index is 0.0619. The number of hydrogen-bond donors (Lipinski definition) is 1. The second kappa shape index (κ2) is 7.51. The van der Waals surface area contributed by atoms with Gasteiger partial charge in [0.1, 0.15) is 5.54 Å². The Morgan fingerprint density at radius 1 is 0.889 bits per heavy atom. The molecule has 4 unspecified atom stereocenters. The van der Waals surface area contributed by atoms with E-state index in [4.69, 9.17) is 11.6 Å². The molecule has 3 amide bonds. The number of rotatable bonds is 2. The van der Waals surface area contributed by atoms with Crippen LogP contribution in [0.25, 0.3) is 0 Å². The fraction of sp³-hybridized carbons (Fsp3) is 0.276. The van der Waals surface area contributed by atoms with Crippen LogP contribution >= 0.6 is 11.6 Å². The topological polar surface area (TPSA) is 69.7 Å². The minimum Gasteiger partial charge on any atom is -0.324 e. The van der Waals surface area contributed by atoms with Crippen molar-refractivity contribution in [2.75, 3.05) is 16.8 Å². The van der Waals surface area contributed by atoms with E-state index < -0.39 is 16.9 Å². The summed E-state index contributed by atoms with van der Waals surface area (Å²) in [6.07, 6.45) is 1.68. The Morgan fingerprint density at radius 3 is 2.39 bits per heavy atom. The molecule has 3 aromatic rings. The van der Waals surface area contributed by atoms with Gasteiger partial charge in [0.15, 0.2) is 0 Å². The lowest BCUT2D eigenvalue weighted by molar-refractivity contribution is -0.128. The van der Waals surface area contributed by atoms with Gasteiger partial charge in [0.25, 0.3) is 0 Å². The highest BCUT2D eigenvalue weighted by Crippen LogP contribution is 2.69. The van der Waals surface area contributed by atoms with Gasteiger partial charge in [-0.1, -0.05) is 60.1 Å². The van der Waals surface area contributed by atoms with E-state index in [0.717, 1.165) is 29.7 Å². The Morgan fingerprint density at radius 2 is 1.61 bits per heavy atom. The lowest BCUT2D eigenvalue weighted by Gasteiger charge is -2.39. The molecule has 6 nitrogen and oxygen atoms in total. The average Bonchev–Trinajstić information content (AvgIpc) is 3.60. The second-order valence-electron chi connectivity index (χ2n) is 10.2. The van der Waals surface area contributed by atoms with Crippen molar-refractivity contribution in [3.05, 3.63) is 95.0 Å². The molecule has 4 aliphatic heterocycles. The predicted octanol–water partition coefficient (Wildman–Crippen LogP) is 4.70. The number of benzene rings is 3. The van der Waals surface area contributed by atoms with E-state index in [1.54, 1.807) is 24.3 Å². The Kier molecular flexibility index (Phi) is 4.54. The third-order valence-electron chi connectivity index (χ3n) is 8.68. The van der Waals surface area contributed by atoms with Crippen molar-refractivity contribution in [3.8, 4) is 0 Å². The first kappa shape index (κ1) is 21.8. The maximum absolute atomic E-state index is 14.6. The third kappa shape index (κ3) is 2.53. The zero-order chi connectivity index (χ0) is 24.7. The summed E-state index contributed by atoms with van der Waals surface area (Å²) in [5, 5.41) is 3.69. The molecule has 4 heterocycles. The van der Waals surface area contributed by atoms with E-state index >= 15 is 0 Å². The Balaban J connectivity index is 1.52. The molecule has 0 saturated carbocycles. The Bertz CT molecular complexity index is 1430. The molecular formula is C29H24ClN3O3. The highest BCUT2D eigenvalue weighted by molar-refractivity contribution is 6.30. The molecule has 180 valence electrons. The summed E-state index contributed by atoms with van der Waals surface area (Å²) in [5.41, 5.74) is 0.885. The standard InChI is InChI=1S/C29H24ClN3O3/c30-19-14-12-18(13-15-19)25-28(17-24(34)33(27(28)36)20-7-2-1-3-8-20)23-11-6-16-32(23)29(25)21-9-4-5-10-22(21)31-26(29)35/h1-5,7-10,12-15,23,25H,6,11,16-17H2,(H,31,35). The summed E-state index contributed by atoms with van der Waals surface area (Å²) in [6, 6.07) is 24.0. The van der Waals surface area contributed by atoms with E-state index in [1.807, 2.05) is 54.6 Å². The predicted molar refractivity (Wildman–Crippen MR) is 137 cm³/mol. The van der Waals surface area contributed by atoms with Crippen LogP contribution in [-0.2, 0) is 19.9 Å². The van der Waals surface area contributed by atoms with Gasteiger partial charge in [0, 0.05) is 34.7 Å². The van der Waals surface area contributed by atoms with Gasteiger partial charge >= 0.3 is 0 Å². The molecule has 4 atom stereocenters. The fourth-order valence-corrected chi connectivity index (χ4v) is 7.66. The van der Waals surface area contributed by atoms with Gasteiger partial charge < -0.3 is 5.32 Å². The van der Waals surface area contributed by atoms with Crippen LogP contribution in [0.5, 0.6) is 0 Å². The number of nitrogens with zero attached hydrogens (tertiary/aromatic N) is 2. The summed E-state index contributed by atoms with van der Waals surface area (Å²) in [7, 11) is 0. The van der Waals surface area contributed by atoms with Crippen molar-refractivity contribution in [1.29, 1.82) is 0 Å². The molecule has 0 aromatic heterocycles. The SMILES string of the molecule is O=C1CC2(C(=O)N1c1ccccc1)C1CCCN1C1(C(=O)Nc3ccccc31)C2c1ccc(Cl)cc1. The first-order valence-corrected chi connectivity index (χ1v) is 12.7. The van der Waals surface area contributed by atoms with Gasteiger partial charge in [-0.05, 0) is 55.3 Å². The fourth-order valence-electron chi connectivity index (χ4n) is 7.54. The quantitative estimate of drug-likeness (QED) is 0.521. The first-order valence-electron chi connectivity index (χ1n) is 12.3. The van der Waals surface area contributed by atoms with Crippen LogP contribution in [0.15, 0.2) is 78.9 Å². The molecule has 3 fully saturated rings. The third-order valence-corrected chi connectivity index (χ3v) is 8.93. The number of amides is 3. The van der Waals surface area contributed by atoms with Crippen molar-refractivity contribution in [2.45, 2.75) is 36.8 Å². The summed E-state index contributed by atoms with van der Waals surface area (Å²) in [4.78, 5) is 46.0. The number of imide groups is 1. The van der Waals surface area contributed by atoms with Gasteiger partial charge in [-0.25, -0.2) is 4.90 Å². The molecule has 3 saturated heterocycles. The molecule has 0 bridgehead atoms. The molecule has 4 aliphatic rings. The van der Waals surface area contributed by atoms with Crippen molar-refractivity contribution >= 4 is 40.7 Å². The number of carbonyl (C=O) groups is 3. The lowest BCUT2D eigenvalue weighted by Crippen LogP contribution is -2.50. The van der Waals surface area contributed by atoms with Crippen LogP contribution in [-0.4, -0.2) is 35.2 Å². The van der Waals surface area contributed by atoms with E-state index in [1.165, 1.54) is 4.90 Å². The smallest absolute Gasteiger partial charge is 0.250 e. The molecule has 2 spiro atoms. The molecule has 36 heavy (non-hydrogen) atoms. The second-order valence-corrected chi connectivity index (χ2v) is 10.6. The minimum atomic E-state index is -1.09. The molecule has 0 aliphatic carbocycles. The molecule has 7 rings (SSSR count). The van der Waals surface area contributed by atoms with Crippen LogP contribution in [0, 0.1) is 5.41 Å². The van der Waals surface area contributed by atoms with Crippen molar-refractivity contribution in [2.24, 2.45) is 5.41 Å². The molecular weight excluding hydrogens is 474 g/mol. The van der Waals surface area contributed by atoms with Gasteiger partial charge in [0.05, 0.1) is 11.1 Å². The van der Waals surface area contributed by atoms with Crippen LogP contribution in [0.3, 0.4) is 0 Å². The summed E-state index contributed by atoms with van der Waals surface area (Å²) < 4.78 is 0. The monoisotopic (exact) mass is 497 g/mol. The van der Waals surface area contributed by atoms with Gasteiger partial charge in [-0.2, -0.15) is 0 Å². The summed E-state index contributed by atoms with van der Waals surface area (Å²) >= 11 is 6.26. The molecule has 3 aromatic carbocycles. The van der Waals surface area contributed by atoms with Crippen LogP contribution in [0.1, 0.15) is 36.3 Å². The van der Waals surface area contributed by atoms with Gasteiger partial charge in [-0.15, -0.1) is 0 Å². The normalized spacial score (nSPS) is 30.9. The molecule has 7 heteroatoms. The van der Waals surface area contributed by atoms with Crippen molar-refractivity contribution < 1.29 is 14.4 Å². The highest BCUT2D eigenvalue weighted by atomic mass is 35.5. The molecule has 1 N–H and O–H groups in total. The van der Waals surface area contributed by atoms with Gasteiger partial charge in [0.2, 0.25) is 17.7 Å². The van der Waals surface area contributed by atoms with Crippen molar-refractivity contribution in [3.63, 3.8) is 0 Å². The highest BCUT2D eigenvalue weighted by Gasteiger charge is 2.78. The Labute approximate surface area is 213 Å². The average molecular weight is 498 g/mol. The number of fused-ring (bicyclic) bond motifs is 5. The van der Waals surface area contributed by atoms with Gasteiger partial charge in [-0.3, -0.25) is 19.3 Å². The van der Waals surface area contributed by atoms with Crippen LogP contribution < -0.4 is 10.2 Å². The number of carbonyl (C=O) groups excluding carboxylic acids is 3. The van der Waals surface area contributed by atoms with E-state index in [9.17, 15) is 14.4 Å². The number of halogens is 1. The molecule has 0 radical (unpaired) electrons. The largest absolute Gasteiger partial charge is 0.324 e. The summed E-state index contributed by atoms with van der Waals surface area (Å²) in [5.74, 6) is -1.13. The zero-order valence-electron chi connectivity index (χ0n) is 19.5. The van der Waals surface area contributed by atoms with E-state index in [2.05, 4.69) is 10.2 Å². The number of para-hydroxylation sites is 2. The number of nitrogens with one attached hydrogen (secondary N) is 1. The van der Waals surface area contributed by atoms with Crippen LogP contribution in [0.2, 0.25) is 5.02 Å². The maximum Gasteiger partial charge on any atom is 0.250 e. The number of hydrogen-bond acceptors (Lipinski definition) is 4. The number of anilines is 2. The van der Waals surface area contributed by atoms with Crippen molar-refractivity contribution in [1.82, 2.24) is 4.90 Å². The van der Waals surface area contributed by atoms with E-state index in [0.29, 0.717) is 17.3 Å². The maximum atomic E-state index is 14.6.